The van der Waals surface area contributed by atoms with Gasteiger partial charge in [-0.25, -0.2) is 0 Å². The quantitative estimate of drug-likeness (QED) is 0.588. The number of thioether (sulfide) groups is 1. The average molecular weight is 433 g/mol. The number of hydrogen-bond acceptors (Lipinski definition) is 6. The van der Waals surface area contributed by atoms with Crippen LogP contribution >= 0.6 is 11.8 Å². The first kappa shape index (κ1) is 22.3. The van der Waals surface area contributed by atoms with Gasteiger partial charge in [0.2, 0.25) is 11.8 Å². The van der Waals surface area contributed by atoms with E-state index in [4.69, 9.17) is 4.74 Å². The molecule has 0 aliphatic carbocycles. The Bertz CT molecular complexity index is 784. The predicted octanol–water partition coefficient (Wildman–Crippen LogP) is 2.88. The lowest BCUT2D eigenvalue weighted by Gasteiger charge is -2.41. The summed E-state index contributed by atoms with van der Waals surface area (Å²) in [6.07, 6.45) is 3.64. The normalized spacial score (nSPS) is 21.8. The number of likely N-dealkylation sites (tertiary alicyclic amines) is 1. The molecule has 2 aliphatic rings. The minimum atomic E-state index is -0.744. The maximum atomic E-state index is 12.9. The van der Waals surface area contributed by atoms with Gasteiger partial charge in [0.1, 0.15) is 6.54 Å². The van der Waals surface area contributed by atoms with E-state index in [1.807, 2.05) is 18.2 Å². The van der Waals surface area contributed by atoms with Gasteiger partial charge in [-0.1, -0.05) is 42.1 Å². The topological polar surface area (TPSA) is 84.0 Å². The van der Waals surface area contributed by atoms with Gasteiger partial charge in [-0.15, -0.1) is 0 Å². The minimum absolute atomic E-state index is 0.0817. The molecule has 2 aliphatic heterocycles. The zero-order valence-corrected chi connectivity index (χ0v) is 18.1. The van der Waals surface area contributed by atoms with E-state index in [9.17, 15) is 19.2 Å². The first-order chi connectivity index (χ1) is 14.4. The lowest BCUT2D eigenvalue weighted by Crippen LogP contribution is -2.53. The number of rotatable bonds is 8. The predicted molar refractivity (Wildman–Crippen MR) is 114 cm³/mol. The molecule has 0 radical (unpaired) electrons. The zero-order valence-electron chi connectivity index (χ0n) is 17.3. The Labute approximate surface area is 181 Å². The summed E-state index contributed by atoms with van der Waals surface area (Å²) in [4.78, 5) is 52.0. The Kier molecular flexibility index (Phi) is 7.53. The molecule has 0 saturated carbocycles. The van der Waals surface area contributed by atoms with Gasteiger partial charge < -0.3 is 9.64 Å². The van der Waals surface area contributed by atoms with E-state index in [-0.39, 0.29) is 41.9 Å². The molecule has 1 unspecified atom stereocenters. The highest BCUT2D eigenvalue weighted by atomic mass is 32.2. The average Bonchev–Trinajstić information content (AvgIpc) is 3.07. The third kappa shape index (κ3) is 5.22. The summed E-state index contributed by atoms with van der Waals surface area (Å²) >= 11 is 0.915. The molecule has 8 heteroatoms. The third-order valence-corrected chi connectivity index (χ3v) is 6.59. The number of ether oxygens (including phenoxy) is 1. The third-order valence-electron chi connectivity index (χ3n) is 5.74. The fourth-order valence-electron chi connectivity index (χ4n) is 4.15. The molecule has 3 amide bonds. The number of amides is 3. The summed E-state index contributed by atoms with van der Waals surface area (Å²) in [5.41, 5.74) is 0.468. The highest BCUT2D eigenvalue weighted by molar-refractivity contribution is 8.14. The molecule has 0 spiro atoms. The molecule has 1 aromatic carbocycles. The summed E-state index contributed by atoms with van der Waals surface area (Å²) < 4.78 is 5.38. The molecule has 1 aromatic rings. The number of carbonyl (C=O) groups is 4. The zero-order chi connectivity index (χ0) is 21.6. The van der Waals surface area contributed by atoms with Crippen molar-refractivity contribution in [2.45, 2.75) is 39.0 Å². The maximum absolute atomic E-state index is 12.9. The van der Waals surface area contributed by atoms with Crippen molar-refractivity contribution < 1.29 is 23.9 Å². The number of imide groups is 1. The standard InChI is InChI=1S/C22H28N2O5S/c1-2-29-20(27)22(11-6-10-17-8-4-3-5-9-17)12-7-13-23(16-22)18(25)14-24-19(26)15-30-21(24)28/h3-5,8-9H,2,6-7,10-16H2,1H3. The Morgan fingerprint density at radius 3 is 2.63 bits per heavy atom. The van der Waals surface area contributed by atoms with E-state index in [1.165, 1.54) is 5.56 Å². The Balaban J connectivity index is 1.67. The number of carbonyl (C=O) groups excluding carboxylic acids is 4. The molecule has 0 aromatic heterocycles. The van der Waals surface area contributed by atoms with Crippen molar-refractivity contribution in [1.29, 1.82) is 0 Å². The monoisotopic (exact) mass is 432 g/mol. The van der Waals surface area contributed by atoms with Crippen LogP contribution in [0.4, 0.5) is 4.79 Å². The number of esters is 1. The van der Waals surface area contributed by atoms with Crippen LogP contribution in [0.25, 0.3) is 0 Å². The summed E-state index contributed by atoms with van der Waals surface area (Å²) in [5, 5.41) is -0.384. The van der Waals surface area contributed by atoms with Crippen molar-refractivity contribution in [3.63, 3.8) is 0 Å². The molecule has 7 nitrogen and oxygen atoms in total. The smallest absolute Gasteiger partial charge is 0.313 e. The number of benzene rings is 1. The lowest BCUT2D eigenvalue weighted by atomic mass is 9.75. The van der Waals surface area contributed by atoms with Crippen molar-refractivity contribution in [2.75, 3.05) is 32.0 Å². The van der Waals surface area contributed by atoms with Crippen LogP contribution < -0.4 is 0 Å². The largest absolute Gasteiger partial charge is 0.466 e. The molecular formula is C22H28N2O5S. The number of nitrogens with zero attached hydrogens (tertiary/aromatic N) is 2. The Morgan fingerprint density at radius 2 is 1.97 bits per heavy atom. The van der Waals surface area contributed by atoms with Crippen molar-refractivity contribution in [3.05, 3.63) is 35.9 Å². The van der Waals surface area contributed by atoms with Gasteiger partial charge in [-0.2, -0.15) is 0 Å². The Hall–Kier alpha value is -2.35. The highest BCUT2D eigenvalue weighted by Gasteiger charge is 2.45. The molecule has 30 heavy (non-hydrogen) atoms. The SMILES string of the molecule is CCOC(=O)C1(CCCc2ccccc2)CCCN(C(=O)CN2C(=O)CSC2=O)C1. The summed E-state index contributed by atoms with van der Waals surface area (Å²) in [7, 11) is 0. The fourth-order valence-corrected chi connectivity index (χ4v) is 4.87. The first-order valence-corrected chi connectivity index (χ1v) is 11.4. The van der Waals surface area contributed by atoms with Gasteiger partial charge in [-0.3, -0.25) is 24.1 Å². The van der Waals surface area contributed by atoms with Crippen LogP contribution in [0.2, 0.25) is 0 Å². The second kappa shape index (κ2) is 10.1. The molecule has 162 valence electrons. The summed E-state index contributed by atoms with van der Waals surface area (Å²) in [6.45, 7) is 2.60. The van der Waals surface area contributed by atoms with Crippen molar-refractivity contribution in [1.82, 2.24) is 9.80 Å². The van der Waals surface area contributed by atoms with Gasteiger partial charge in [0.05, 0.1) is 17.8 Å². The van der Waals surface area contributed by atoms with E-state index in [2.05, 4.69) is 12.1 Å². The van der Waals surface area contributed by atoms with Crippen molar-refractivity contribution in [2.24, 2.45) is 5.41 Å². The van der Waals surface area contributed by atoms with E-state index >= 15 is 0 Å². The molecule has 2 fully saturated rings. The fraction of sp³-hybridized carbons (Fsp3) is 0.545. The minimum Gasteiger partial charge on any atom is -0.466 e. The van der Waals surface area contributed by atoms with E-state index < -0.39 is 5.41 Å². The number of hydrogen-bond donors (Lipinski definition) is 0. The Morgan fingerprint density at radius 1 is 1.20 bits per heavy atom. The molecular weight excluding hydrogens is 404 g/mol. The van der Waals surface area contributed by atoms with Crippen LogP contribution in [0.15, 0.2) is 30.3 Å². The van der Waals surface area contributed by atoms with Gasteiger partial charge in [-0.05, 0) is 44.6 Å². The lowest BCUT2D eigenvalue weighted by molar-refractivity contribution is -0.162. The van der Waals surface area contributed by atoms with Gasteiger partial charge in [0, 0.05) is 13.1 Å². The molecule has 2 heterocycles. The molecule has 2 saturated heterocycles. The van der Waals surface area contributed by atoms with Crippen LogP contribution in [-0.2, 0) is 25.5 Å². The number of aryl methyl sites for hydroxylation is 1. The molecule has 0 bridgehead atoms. The summed E-state index contributed by atoms with van der Waals surface area (Å²) in [5.74, 6) is -0.816. The molecule has 3 rings (SSSR count). The second-order valence-electron chi connectivity index (χ2n) is 7.79. The van der Waals surface area contributed by atoms with Crippen LogP contribution in [-0.4, -0.2) is 64.8 Å². The van der Waals surface area contributed by atoms with E-state index in [0.29, 0.717) is 32.4 Å². The van der Waals surface area contributed by atoms with Gasteiger partial charge in [0.25, 0.3) is 5.24 Å². The van der Waals surface area contributed by atoms with E-state index in [0.717, 1.165) is 29.5 Å². The highest BCUT2D eigenvalue weighted by Crippen LogP contribution is 2.37. The van der Waals surface area contributed by atoms with Crippen LogP contribution in [0, 0.1) is 5.41 Å². The van der Waals surface area contributed by atoms with Crippen LogP contribution in [0.3, 0.4) is 0 Å². The van der Waals surface area contributed by atoms with Crippen LogP contribution in [0.1, 0.15) is 38.2 Å². The second-order valence-corrected chi connectivity index (χ2v) is 8.72. The molecule has 1 atom stereocenters. The maximum Gasteiger partial charge on any atom is 0.313 e. The van der Waals surface area contributed by atoms with Crippen molar-refractivity contribution in [3.8, 4) is 0 Å². The van der Waals surface area contributed by atoms with E-state index in [1.54, 1.807) is 11.8 Å². The summed E-state index contributed by atoms with van der Waals surface area (Å²) in [6, 6.07) is 10.1. The van der Waals surface area contributed by atoms with Gasteiger partial charge >= 0.3 is 5.97 Å². The first-order valence-electron chi connectivity index (χ1n) is 10.4. The van der Waals surface area contributed by atoms with Crippen molar-refractivity contribution >= 4 is 34.8 Å². The molecule has 0 N–H and O–H groups in total. The number of piperidine rings is 1. The van der Waals surface area contributed by atoms with Gasteiger partial charge in [0.15, 0.2) is 0 Å². The van der Waals surface area contributed by atoms with Crippen LogP contribution in [0.5, 0.6) is 0 Å².